The first-order valence-corrected chi connectivity index (χ1v) is 11.2. The third-order valence-corrected chi connectivity index (χ3v) is 6.53. The number of aromatic amines is 1. The molecule has 0 unspecified atom stereocenters. The Kier molecular flexibility index (Phi) is 7.12. The number of fused-ring (bicyclic) bond motifs is 1. The van der Waals surface area contributed by atoms with Gasteiger partial charge in [-0.1, -0.05) is 6.42 Å². The molecule has 1 amide bonds. The zero-order chi connectivity index (χ0) is 20.8. The summed E-state index contributed by atoms with van der Waals surface area (Å²) in [7, 11) is 1.71. The van der Waals surface area contributed by atoms with E-state index in [0.717, 1.165) is 24.2 Å². The summed E-state index contributed by atoms with van der Waals surface area (Å²) >= 11 is 0. The Balaban J connectivity index is 1.48. The normalized spacial score (nSPS) is 21.9. The van der Waals surface area contributed by atoms with Gasteiger partial charge in [0.1, 0.15) is 5.69 Å². The van der Waals surface area contributed by atoms with Gasteiger partial charge in [0.15, 0.2) is 0 Å². The highest BCUT2D eigenvalue weighted by Gasteiger charge is 2.35. The number of methoxy groups -OCH3 is 1. The monoisotopic (exact) mass is 411 g/mol. The highest BCUT2D eigenvalue weighted by Crippen LogP contribution is 2.31. The van der Waals surface area contributed by atoms with Crippen molar-refractivity contribution in [2.45, 2.75) is 44.6 Å². The van der Waals surface area contributed by atoms with Crippen LogP contribution in [0.3, 0.4) is 0 Å². The van der Waals surface area contributed by atoms with E-state index in [1.807, 2.05) is 23.1 Å². The Morgan fingerprint density at radius 2 is 2.07 bits per heavy atom. The number of H-pyrrole nitrogens is 1. The Morgan fingerprint density at radius 1 is 1.23 bits per heavy atom. The molecule has 0 aromatic carbocycles. The number of amides is 1. The number of carbonyl (C=O) groups excluding carboxylic acids is 1. The van der Waals surface area contributed by atoms with E-state index in [0.29, 0.717) is 30.8 Å². The number of hydrogen-bond acceptors (Lipinski definition) is 5. The van der Waals surface area contributed by atoms with Crippen molar-refractivity contribution < 1.29 is 9.53 Å². The molecule has 7 nitrogen and oxygen atoms in total. The summed E-state index contributed by atoms with van der Waals surface area (Å²) in [6.45, 7) is 4.62. The Hall–Kier alpha value is -2.25. The lowest BCUT2D eigenvalue weighted by molar-refractivity contribution is 0.0344. The van der Waals surface area contributed by atoms with E-state index in [-0.39, 0.29) is 5.91 Å². The largest absolute Gasteiger partial charge is 0.385 e. The summed E-state index contributed by atoms with van der Waals surface area (Å²) in [5.74, 6) is 0.583. The first kappa shape index (κ1) is 21.0. The molecule has 30 heavy (non-hydrogen) atoms. The molecule has 162 valence electrons. The van der Waals surface area contributed by atoms with Crippen molar-refractivity contribution in [1.29, 1.82) is 0 Å². The van der Waals surface area contributed by atoms with Crippen LogP contribution in [-0.2, 0) is 4.74 Å². The van der Waals surface area contributed by atoms with Gasteiger partial charge in [-0.05, 0) is 69.3 Å². The Morgan fingerprint density at radius 3 is 2.90 bits per heavy atom. The fourth-order valence-corrected chi connectivity index (χ4v) is 5.02. The highest BCUT2D eigenvalue weighted by atomic mass is 16.5. The van der Waals surface area contributed by atoms with Crippen molar-refractivity contribution in [3.8, 4) is 11.3 Å². The van der Waals surface area contributed by atoms with Gasteiger partial charge in [-0.2, -0.15) is 5.10 Å². The molecule has 0 saturated carbocycles. The first-order chi connectivity index (χ1) is 14.8. The second kappa shape index (κ2) is 10.2. The predicted octanol–water partition coefficient (Wildman–Crippen LogP) is 3.21. The van der Waals surface area contributed by atoms with Crippen LogP contribution in [-0.4, -0.2) is 76.8 Å². The lowest BCUT2D eigenvalue weighted by Crippen LogP contribution is -2.51. The number of rotatable bonds is 8. The minimum atomic E-state index is 0.0341. The average molecular weight is 412 g/mol. The van der Waals surface area contributed by atoms with Crippen LogP contribution in [0.5, 0.6) is 0 Å². The number of aromatic nitrogens is 3. The molecule has 0 spiro atoms. The van der Waals surface area contributed by atoms with E-state index in [1.54, 1.807) is 19.5 Å². The molecule has 2 fully saturated rings. The van der Waals surface area contributed by atoms with E-state index in [9.17, 15) is 4.79 Å². The Bertz CT molecular complexity index is 807. The van der Waals surface area contributed by atoms with Crippen molar-refractivity contribution in [1.82, 2.24) is 25.0 Å². The van der Waals surface area contributed by atoms with E-state index >= 15 is 0 Å². The van der Waals surface area contributed by atoms with Gasteiger partial charge in [-0.25, -0.2) is 0 Å². The summed E-state index contributed by atoms with van der Waals surface area (Å²) < 4.78 is 5.24. The number of piperidine rings is 2. The first-order valence-electron chi connectivity index (χ1n) is 11.2. The van der Waals surface area contributed by atoms with Crippen LogP contribution < -0.4 is 0 Å². The fraction of sp³-hybridized carbons (Fsp3) is 0.609. The highest BCUT2D eigenvalue weighted by molar-refractivity contribution is 5.93. The van der Waals surface area contributed by atoms with Crippen LogP contribution in [0.25, 0.3) is 11.3 Å². The molecule has 2 aromatic heterocycles. The average Bonchev–Trinajstić information content (AvgIpc) is 3.29. The molecule has 4 heterocycles. The zero-order valence-corrected chi connectivity index (χ0v) is 17.9. The zero-order valence-electron chi connectivity index (χ0n) is 17.9. The maximum absolute atomic E-state index is 13.4. The topological polar surface area (TPSA) is 74.3 Å². The third-order valence-electron chi connectivity index (χ3n) is 6.53. The molecule has 7 heteroatoms. The molecular formula is C23H33N5O2. The number of nitrogens with one attached hydrogen (secondary N) is 1. The smallest absolute Gasteiger partial charge is 0.271 e. The number of nitrogens with zero attached hydrogens (tertiary/aromatic N) is 4. The standard InChI is InChI=1S/C23H33N5O2/c1-30-15-5-14-28(17-19-6-4-13-27-12-3-2-7-22(19)27)23(29)21-16-20(25-26-21)18-8-10-24-11-9-18/h8-11,16,19,22H,2-7,12-15,17H2,1H3,(H,25,26)/t19-,22-/m0/s1. The van der Waals surface area contributed by atoms with Gasteiger partial charge in [0.2, 0.25) is 0 Å². The van der Waals surface area contributed by atoms with Gasteiger partial charge in [0.25, 0.3) is 5.91 Å². The molecule has 2 aromatic rings. The minimum Gasteiger partial charge on any atom is -0.385 e. The molecule has 2 saturated heterocycles. The van der Waals surface area contributed by atoms with Crippen molar-refractivity contribution in [2.75, 3.05) is 39.9 Å². The van der Waals surface area contributed by atoms with Gasteiger partial charge >= 0.3 is 0 Å². The quantitative estimate of drug-likeness (QED) is 0.675. The van der Waals surface area contributed by atoms with Gasteiger partial charge in [0.05, 0.1) is 5.69 Å². The maximum Gasteiger partial charge on any atom is 0.271 e. The van der Waals surface area contributed by atoms with Gasteiger partial charge in [-0.3, -0.25) is 14.9 Å². The second-order valence-electron chi connectivity index (χ2n) is 8.50. The van der Waals surface area contributed by atoms with Crippen LogP contribution >= 0.6 is 0 Å². The van der Waals surface area contributed by atoms with Crippen LogP contribution in [0.4, 0.5) is 0 Å². The van der Waals surface area contributed by atoms with E-state index in [2.05, 4.69) is 20.1 Å². The predicted molar refractivity (Wildman–Crippen MR) is 116 cm³/mol. The molecule has 1 N–H and O–H groups in total. The third kappa shape index (κ3) is 4.90. The fourth-order valence-electron chi connectivity index (χ4n) is 5.02. The molecule has 2 atom stereocenters. The molecular weight excluding hydrogens is 378 g/mol. The van der Waals surface area contributed by atoms with Crippen LogP contribution in [0, 0.1) is 5.92 Å². The van der Waals surface area contributed by atoms with Crippen LogP contribution in [0.15, 0.2) is 30.6 Å². The maximum atomic E-state index is 13.4. The van der Waals surface area contributed by atoms with Gasteiger partial charge < -0.3 is 14.5 Å². The van der Waals surface area contributed by atoms with Gasteiger partial charge in [-0.15, -0.1) is 0 Å². The second-order valence-corrected chi connectivity index (χ2v) is 8.50. The molecule has 4 rings (SSSR count). The molecule has 0 radical (unpaired) electrons. The lowest BCUT2D eigenvalue weighted by Gasteiger charge is -2.45. The van der Waals surface area contributed by atoms with Crippen LogP contribution in [0.1, 0.15) is 49.0 Å². The summed E-state index contributed by atoms with van der Waals surface area (Å²) in [6, 6.07) is 6.29. The summed E-state index contributed by atoms with van der Waals surface area (Å²) in [5.41, 5.74) is 2.28. The molecule has 2 aliphatic heterocycles. The van der Waals surface area contributed by atoms with E-state index < -0.39 is 0 Å². The molecule has 2 aliphatic rings. The molecule has 0 aliphatic carbocycles. The van der Waals surface area contributed by atoms with Crippen molar-refractivity contribution in [2.24, 2.45) is 5.92 Å². The number of ether oxygens (including phenoxy) is 1. The lowest BCUT2D eigenvalue weighted by atomic mass is 9.83. The van der Waals surface area contributed by atoms with Gasteiger partial charge in [0, 0.05) is 50.8 Å². The van der Waals surface area contributed by atoms with Crippen LogP contribution in [0.2, 0.25) is 0 Å². The van der Waals surface area contributed by atoms with Crippen molar-refractivity contribution in [3.05, 3.63) is 36.3 Å². The van der Waals surface area contributed by atoms with Crippen molar-refractivity contribution >= 4 is 5.91 Å². The minimum absolute atomic E-state index is 0.0341. The molecule has 0 bridgehead atoms. The number of pyridine rings is 1. The number of hydrogen-bond donors (Lipinski definition) is 1. The number of carbonyl (C=O) groups is 1. The van der Waals surface area contributed by atoms with E-state index in [4.69, 9.17) is 4.74 Å². The summed E-state index contributed by atoms with van der Waals surface area (Å²) in [6.07, 6.45) is 10.6. The summed E-state index contributed by atoms with van der Waals surface area (Å²) in [5, 5.41) is 7.33. The summed E-state index contributed by atoms with van der Waals surface area (Å²) in [4.78, 5) is 22.1. The SMILES string of the molecule is COCCCN(C[C@@H]1CCCN2CCCC[C@@H]12)C(=O)c1cc(-c2ccncc2)n[nH]1. The Labute approximate surface area is 178 Å². The van der Waals surface area contributed by atoms with E-state index in [1.165, 1.54) is 45.2 Å². The van der Waals surface area contributed by atoms with Crippen molar-refractivity contribution in [3.63, 3.8) is 0 Å².